The highest BCUT2D eigenvalue weighted by Gasteiger charge is 2.45. The van der Waals surface area contributed by atoms with E-state index in [2.05, 4.69) is 20.4 Å². The van der Waals surface area contributed by atoms with Crippen LogP contribution in [-0.4, -0.2) is 60.1 Å². The number of methoxy groups -OCH3 is 1. The van der Waals surface area contributed by atoms with Crippen molar-refractivity contribution in [2.45, 2.75) is 18.5 Å². The molecule has 11 nitrogen and oxygen atoms in total. The largest absolute Gasteiger partial charge is 0.486 e. The molecule has 202 valence electrons. The number of benzene rings is 2. The topological polar surface area (TPSA) is 136 Å². The zero-order valence-corrected chi connectivity index (χ0v) is 21.1. The fourth-order valence-corrected chi connectivity index (χ4v) is 4.91. The van der Waals surface area contributed by atoms with Gasteiger partial charge in [0.2, 0.25) is 5.91 Å². The zero-order chi connectivity index (χ0) is 27.7. The molecule has 2 N–H and O–H groups in total. The van der Waals surface area contributed by atoms with Crippen LogP contribution in [0, 0.1) is 11.6 Å². The number of hydrogen-bond acceptors (Lipinski definition) is 9. The minimum atomic E-state index is -1.52. The van der Waals surface area contributed by atoms with E-state index >= 15 is 0 Å². The SMILES string of the molecule is COC(=O)c1csc(NC(=O)[C@H](Cc2cc(F)cc(F)c2)N2C(=O)N[C@H](c3ccc4c(c3)OCCO4)C2=O)n1. The monoisotopic (exact) mass is 558 g/mol. The average Bonchev–Trinajstić information content (AvgIpc) is 3.49. The minimum absolute atomic E-state index is 0.00809. The van der Waals surface area contributed by atoms with Crippen molar-refractivity contribution in [1.29, 1.82) is 0 Å². The predicted molar refractivity (Wildman–Crippen MR) is 131 cm³/mol. The molecule has 0 spiro atoms. The van der Waals surface area contributed by atoms with E-state index in [1.807, 2.05) is 0 Å². The molecular formula is C25H20F2N4O7S. The predicted octanol–water partition coefficient (Wildman–Crippen LogP) is 2.82. The molecule has 0 radical (unpaired) electrons. The third-order valence-corrected chi connectivity index (χ3v) is 6.72. The van der Waals surface area contributed by atoms with Gasteiger partial charge in [0.1, 0.15) is 36.9 Å². The number of carbonyl (C=O) groups is 4. The highest BCUT2D eigenvalue weighted by molar-refractivity contribution is 7.14. The molecule has 2 aromatic carbocycles. The Morgan fingerprint density at radius 3 is 2.59 bits per heavy atom. The summed E-state index contributed by atoms with van der Waals surface area (Å²) in [4.78, 5) is 56.3. The van der Waals surface area contributed by atoms with Crippen molar-refractivity contribution in [3.63, 3.8) is 0 Å². The summed E-state index contributed by atoms with van der Waals surface area (Å²) in [7, 11) is 1.17. The zero-order valence-electron chi connectivity index (χ0n) is 20.2. The van der Waals surface area contributed by atoms with Gasteiger partial charge >= 0.3 is 12.0 Å². The van der Waals surface area contributed by atoms with E-state index in [1.165, 1.54) is 12.5 Å². The van der Waals surface area contributed by atoms with Crippen LogP contribution in [0.4, 0.5) is 18.7 Å². The molecule has 39 heavy (non-hydrogen) atoms. The average molecular weight is 559 g/mol. The summed E-state index contributed by atoms with van der Waals surface area (Å²) in [5.74, 6) is -3.25. The van der Waals surface area contributed by atoms with Crippen LogP contribution in [0.1, 0.15) is 27.7 Å². The Labute approximate surface area is 223 Å². The molecule has 0 bridgehead atoms. The van der Waals surface area contributed by atoms with Crippen LogP contribution in [0.5, 0.6) is 11.5 Å². The van der Waals surface area contributed by atoms with E-state index in [-0.39, 0.29) is 16.4 Å². The van der Waals surface area contributed by atoms with Gasteiger partial charge in [-0.2, -0.15) is 0 Å². The number of imide groups is 1. The highest BCUT2D eigenvalue weighted by atomic mass is 32.1. The van der Waals surface area contributed by atoms with Crippen LogP contribution in [0.25, 0.3) is 0 Å². The van der Waals surface area contributed by atoms with Gasteiger partial charge < -0.3 is 24.8 Å². The summed E-state index contributed by atoms with van der Waals surface area (Å²) in [6, 6.07) is 3.85. The van der Waals surface area contributed by atoms with Crippen LogP contribution in [0.15, 0.2) is 41.8 Å². The molecule has 1 saturated heterocycles. The molecule has 3 aromatic rings. The van der Waals surface area contributed by atoms with E-state index < -0.39 is 54.0 Å². The molecule has 2 atom stereocenters. The molecule has 3 heterocycles. The lowest BCUT2D eigenvalue weighted by atomic mass is 10.0. The molecule has 4 amide bonds. The Bertz CT molecular complexity index is 1460. The van der Waals surface area contributed by atoms with E-state index in [9.17, 15) is 28.0 Å². The third kappa shape index (κ3) is 5.36. The van der Waals surface area contributed by atoms with Crippen LogP contribution >= 0.6 is 11.3 Å². The number of nitrogens with one attached hydrogen (secondary N) is 2. The van der Waals surface area contributed by atoms with Crippen molar-refractivity contribution >= 4 is 40.3 Å². The number of carbonyl (C=O) groups excluding carboxylic acids is 4. The minimum Gasteiger partial charge on any atom is -0.486 e. The maximum atomic E-state index is 13.9. The van der Waals surface area contributed by atoms with Gasteiger partial charge in [0.15, 0.2) is 22.3 Å². The number of rotatable bonds is 7. The van der Waals surface area contributed by atoms with Gasteiger partial charge in [-0.05, 0) is 35.4 Å². The highest BCUT2D eigenvalue weighted by Crippen LogP contribution is 2.35. The molecule has 0 saturated carbocycles. The number of anilines is 1. The number of thiazole rings is 1. The summed E-state index contributed by atoms with van der Waals surface area (Å²) < 4.78 is 43.5. The van der Waals surface area contributed by atoms with Crippen molar-refractivity contribution in [1.82, 2.24) is 15.2 Å². The second-order valence-electron chi connectivity index (χ2n) is 8.51. The van der Waals surface area contributed by atoms with E-state index in [0.717, 1.165) is 23.5 Å². The number of amides is 4. The number of ether oxygens (including phenoxy) is 3. The normalized spacial score (nSPS) is 17.0. The first kappa shape index (κ1) is 26.0. The van der Waals surface area contributed by atoms with Crippen LogP contribution in [0.2, 0.25) is 0 Å². The molecular weight excluding hydrogens is 538 g/mol. The fraction of sp³-hybridized carbons (Fsp3) is 0.240. The second kappa shape index (κ2) is 10.6. The third-order valence-electron chi connectivity index (χ3n) is 5.97. The number of esters is 1. The van der Waals surface area contributed by atoms with E-state index in [1.54, 1.807) is 18.2 Å². The Kier molecular flexibility index (Phi) is 7.11. The Morgan fingerprint density at radius 1 is 1.15 bits per heavy atom. The van der Waals surface area contributed by atoms with Gasteiger partial charge in [0, 0.05) is 17.9 Å². The summed E-state index contributed by atoms with van der Waals surface area (Å²) in [5, 5.41) is 6.36. The van der Waals surface area contributed by atoms with E-state index in [4.69, 9.17) is 9.47 Å². The number of hydrogen-bond donors (Lipinski definition) is 2. The molecule has 0 unspecified atom stereocenters. The maximum absolute atomic E-state index is 13.9. The van der Waals surface area contributed by atoms with Crippen molar-refractivity contribution in [2.75, 3.05) is 25.6 Å². The van der Waals surface area contributed by atoms with E-state index in [0.29, 0.717) is 41.2 Å². The van der Waals surface area contributed by atoms with Gasteiger partial charge in [-0.3, -0.25) is 9.59 Å². The standard InChI is InChI=1S/C25H20F2N4O7S/c1-36-23(34)16-11-39-24(28-16)30-21(32)17(8-12-6-14(26)10-15(27)7-12)31-22(33)20(29-25(31)35)13-2-3-18-19(9-13)38-5-4-37-18/h2-3,6-7,9-11,17,20H,4-5,8H2,1H3,(H,29,35)(H,28,30,32)/t17-,20+/m0/s1. The molecule has 0 aliphatic carbocycles. The molecule has 2 aliphatic heterocycles. The van der Waals surface area contributed by atoms with Gasteiger partial charge in [-0.15, -0.1) is 11.3 Å². The smallest absolute Gasteiger partial charge is 0.357 e. The Balaban J connectivity index is 1.44. The van der Waals surface area contributed by atoms with Gasteiger partial charge in [-0.25, -0.2) is 28.3 Å². The number of aromatic nitrogens is 1. The number of fused-ring (bicyclic) bond motifs is 1. The summed E-state index contributed by atoms with van der Waals surface area (Å²) in [6.45, 7) is 0.686. The lowest BCUT2D eigenvalue weighted by Gasteiger charge is -2.24. The van der Waals surface area contributed by atoms with Gasteiger partial charge in [0.25, 0.3) is 5.91 Å². The summed E-state index contributed by atoms with van der Waals surface area (Å²) >= 11 is 0.911. The van der Waals surface area contributed by atoms with Crippen molar-refractivity contribution in [3.8, 4) is 11.5 Å². The summed E-state index contributed by atoms with van der Waals surface area (Å²) in [5.41, 5.74) is 0.360. The van der Waals surface area contributed by atoms with Crippen molar-refractivity contribution < 1.29 is 42.2 Å². The quantitative estimate of drug-likeness (QED) is 0.334. The van der Waals surface area contributed by atoms with Crippen LogP contribution in [-0.2, 0) is 20.7 Å². The lowest BCUT2D eigenvalue weighted by molar-refractivity contribution is -0.134. The Hall–Kier alpha value is -4.59. The van der Waals surface area contributed by atoms with Gasteiger partial charge in [-0.1, -0.05) is 6.07 Å². The Morgan fingerprint density at radius 2 is 1.87 bits per heavy atom. The molecule has 2 aliphatic rings. The second-order valence-corrected chi connectivity index (χ2v) is 9.37. The number of urea groups is 1. The molecule has 1 fully saturated rings. The number of halogens is 2. The molecule has 1 aromatic heterocycles. The van der Waals surface area contributed by atoms with Crippen molar-refractivity contribution in [2.24, 2.45) is 0 Å². The first-order chi connectivity index (χ1) is 18.7. The summed E-state index contributed by atoms with van der Waals surface area (Å²) in [6.07, 6.45) is -0.400. The number of nitrogens with zero attached hydrogens (tertiary/aromatic N) is 2. The van der Waals surface area contributed by atoms with Crippen LogP contribution in [0.3, 0.4) is 0 Å². The first-order valence-electron chi connectivity index (χ1n) is 11.6. The molecule has 14 heteroatoms. The van der Waals surface area contributed by atoms with Gasteiger partial charge in [0.05, 0.1) is 7.11 Å². The van der Waals surface area contributed by atoms with Crippen molar-refractivity contribution in [3.05, 3.63) is 70.2 Å². The molecule has 5 rings (SSSR count). The van der Waals surface area contributed by atoms with Crippen LogP contribution < -0.4 is 20.1 Å². The maximum Gasteiger partial charge on any atom is 0.357 e. The lowest BCUT2D eigenvalue weighted by Crippen LogP contribution is -2.49. The fourth-order valence-electron chi connectivity index (χ4n) is 4.23. The first-order valence-corrected chi connectivity index (χ1v) is 12.4.